The van der Waals surface area contributed by atoms with Crippen LogP contribution in [0.5, 0.6) is 0 Å². The zero-order valence-corrected chi connectivity index (χ0v) is 38.3. The molecule has 60 heavy (non-hydrogen) atoms. The molecule has 0 aliphatic rings. The average molecular weight is 988 g/mol. The monoisotopic (exact) mass is 988 g/mol. The fourth-order valence-corrected chi connectivity index (χ4v) is 12.0. The summed E-state index contributed by atoms with van der Waals surface area (Å²) in [6.07, 6.45) is 3.22. The standard InChI is InChI=1S/C39H36NOSi.C16H18N.Ir/c1-6-42(7-2,8-3)29-19-21-30(25(4)22-29)35-23-36(40-24-26(35)5)34-15-11-14-32-33-20-18-28-17-16-27-12-9-10-13-31(27)37(28)39(33)41-38(32)34;1-12-5-7-13(8-6-12)15-10-9-14(11-17-15)16(2,3)4;/h9-14,16-24H,6-8H2,1-5H3;5-7,9-11H,1-4H3;/q2*-1;/i4D3,5D3;1D3;. The molecule has 9 aromatic rings. The second kappa shape index (κ2) is 17.4. The van der Waals surface area contributed by atoms with Crippen molar-refractivity contribution in [2.75, 3.05) is 0 Å². The van der Waals surface area contributed by atoms with E-state index in [0.29, 0.717) is 33.5 Å². The van der Waals surface area contributed by atoms with Crippen LogP contribution in [0.1, 0.15) is 76.1 Å². The number of aromatic nitrogens is 2. The van der Waals surface area contributed by atoms with Gasteiger partial charge in [0.2, 0.25) is 0 Å². The fraction of sp³-hybridized carbons (Fsp3) is 0.236. The van der Waals surface area contributed by atoms with E-state index >= 15 is 0 Å². The Hall–Kier alpha value is -5.19. The van der Waals surface area contributed by atoms with Crippen molar-refractivity contribution in [3.05, 3.63) is 162 Å². The van der Waals surface area contributed by atoms with Crippen LogP contribution in [0.4, 0.5) is 0 Å². The maximum atomic E-state index is 8.54. The first-order chi connectivity index (χ1) is 32.1. The molecule has 1 radical (unpaired) electrons. The molecule has 3 heterocycles. The van der Waals surface area contributed by atoms with Crippen LogP contribution in [0.15, 0.2) is 132 Å². The number of nitrogens with zero attached hydrogens (tertiary/aromatic N) is 2. The van der Waals surface area contributed by atoms with Crippen LogP contribution in [0.25, 0.3) is 77.1 Å². The summed E-state index contributed by atoms with van der Waals surface area (Å²) in [7, 11) is -1.92. The zero-order chi connectivity index (χ0) is 49.0. The summed E-state index contributed by atoms with van der Waals surface area (Å²) < 4.78 is 79.5. The predicted molar refractivity (Wildman–Crippen MR) is 254 cm³/mol. The van der Waals surface area contributed by atoms with E-state index in [-0.39, 0.29) is 36.6 Å². The minimum absolute atomic E-state index is 0. The van der Waals surface area contributed by atoms with Crippen molar-refractivity contribution in [2.45, 2.75) is 85.6 Å². The summed E-state index contributed by atoms with van der Waals surface area (Å²) in [6, 6.07) is 45.9. The first kappa shape index (κ1) is 32.6. The van der Waals surface area contributed by atoms with Gasteiger partial charge < -0.3 is 14.4 Å². The zero-order valence-electron chi connectivity index (χ0n) is 43.9. The Morgan fingerprint density at radius 1 is 0.650 bits per heavy atom. The summed E-state index contributed by atoms with van der Waals surface area (Å²) >= 11 is 0. The molecule has 5 heteroatoms. The minimum Gasteiger partial charge on any atom is -0.500 e. The normalized spacial score (nSPS) is 14.7. The molecule has 6 aromatic carbocycles. The largest absolute Gasteiger partial charge is 0.500 e. The van der Waals surface area contributed by atoms with Crippen LogP contribution in [0, 0.1) is 32.7 Å². The maximum Gasteiger partial charge on any atom is 0.129 e. The molecule has 0 saturated carbocycles. The van der Waals surface area contributed by atoms with Gasteiger partial charge in [-0.15, -0.1) is 53.6 Å². The first-order valence-electron chi connectivity index (χ1n) is 24.9. The topological polar surface area (TPSA) is 38.9 Å². The molecule has 0 fully saturated rings. The molecule has 0 aliphatic heterocycles. The van der Waals surface area contributed by atoms with E-state index in [1.54, 1.807) is 18.2 Å². The van der Waals surface area contributed by atoms with Gasteiger partial charge in [0.1, 0.15) is 5.58 Å². The molecule has 0 unspecified atom stereocenters. The van der Waals surface area contributed by atoms with Gasteiger partial charge in [-0.05, 0) is 74.5 Å². The molecule has 3 aromatic heterocycles. The third-order valence-electron chi connectivity index (χ3n) is 12.1. The summed E-state index contributed by atoms with van der Waals surface area (Å²) in [5.41, 5.74) is 6.40. The van der Waals surface area contributed by atoms with Crippen LogP contribution in [0.2, 0.25) is 18.1 Å². The van der Waals surface area contributed by atoms with Crippen molar-refractivity contribution in [3.8, 4) is 33.6 Å². The number of fused-ring (bicyclic) bond motifs is 7. The Bertz CT molecular complexity index is 3230. The summed E-state index contributed by atoms with van der Waals surface area (Å²) in [5.74, 6) is 0. The third kappa shape index (κ3) is 8.04. The number of rotatable bonds is 7. The number of furan rings is 1. The van der Waals surface area contributed by atoms with Gasteiger partial charge in [0.15, 0.2) is 0 Å². The molecule has 3 nitrogen and oxygen atoms in total. The van der Waals surface area contributed by atoms with Crippen molar-refractivity contribution in [1.82, 2.24) is 9.97 Å². The van der Waals surface area contributed by atoms with Gasteiger partial charge in [-0.1, -0.05) is 168 Å². The van der Waals surface area contributed by atoms with Crippen molar-refractivity contribution in [3.63, 3.8) is 0 Å². The summed E-state index contributed by atoms with van der Waals surface area (Å²) in [6.45, 7) is 5.92. The second-order valence-corrected chi connectivity index (χ2v) is 21.7. The van der Waals surface area contributed by atoms with E-state index in [1.807, 2.05) is 60.8 Å². The Morgan fingerprint density at radius 2 is 1.40 bits per heavy atom. The van der Waals surface area contributed by atoms with E-state index in [2.05, 4.69) is 100 Å². The van der Waals surface area contributed by atoms with Gasteiger partial charge in [-0.2, -0.15) is 0 Å². The van der Waals surface area contributed by atoms with E-state index in [1.165, 1.54) is 17.8 Å². The van der Waals surface area contributed by atoms with Gasteiger partial charge in [-0.3, -0.25) is 0 Å². The molecular formula is C55H54IrN2OSi-2. The molecule has 0 spiro atoms. The smallest absolute Gasteiger partial charge is 0.129 e. The van der Waals surface area contributed by atoms with Crippen LogP contribution in [-0.2, 0) is 25.5 Å². The molecular weight excluding hydrogens is 925 g/mol. The molecule has 0 N–H and O–H groups in total. The van der Waals surface area contributed by atoms with Gasteiger partial charge >= 0.3 is 0 Å². The van der Waals surface area contributed by atoms with Gasteiger partial charge in [0, 0.05) is 55.6 Å². The molecule has 9 rings (SSSR count). The van der Waals surface area contributed by atoms with Crippen LogP contribution < -0.4 is 5.19 Å². The van der Waals surface area contributed by atoms with Crippen molar-refractivity contribution >= 4 is 56.7 Å². The SMILES string of the molecule is [2H]C([2H])([2H])c1c[c-]c(-c2ccc(C(C)(C)C)cn2)cc1.[2H]C([2H])([2H])c1cnc(-c2[c-]ccc3c2oc2c3ccc3ccc4ccccc4c32)cc1-c1ccc([Si](CC)(CC)CC)cc1C([2H])([2H])[2H].[Ir]. The summed E-state index contributed by atoms with van der Waals surface area (Å²) in [5, 5.41) is 7.24. The predicted octanol–water partition coefficient (Wildman–Crippen LogP) is 14.9. The third-order valence-corrected chi connectivity index (χ3v) is 17.7. The van der Waals surface area contributed by atoms with E-state index in [0.717, 1.165) is 72.5 Å². The second-order valence-electron chi connectivity index (χ2n) is 16.4. The number of hydrogen-bond donors (Lipinski definition) is 0. The molecule has 0 atom stereocenters. The van der Waals surface area contributed by atoms with Crippen LogP contribution in [-0.4, -0.2) is 18.0 Å². The quantitative estimate of drug-likeness (QED) is 0.0907. The first-order valence-corrected chi connectivity index (χ1v) is 23.0. The summed E-state index contributed by atoms with van der Waals surface area (Å²) in [4.78, 5) is 9.07. The van der Waals surface area contributed by atoms with Crippen LogP contribution in [0.3, 0.4) is 0 Å². The van der Waals surface area contributed by atoms with Crippen molar-refractivity contribution in [1.29, 1.82) is 0 Å². The van der Waals surface area contributed by atoms with Gasteiger partial charge in [0.05, 0.1) is 13.7 Å². The average Bonchev–Trinajstić information content (AvgIpc) is 3.70. The van der Waals surface area contributed by atoms with Crippen molar-refractivity contribution in [2.24, 2.45) is 0 Å². The van der Waals surface area contributed by atoms with E-state index in [9.17, 15) is 0 Å². The number of pyridine rings is 2. The Balaban J connectivity index is 0.000000281. The Kier molecular flexibility index (Phi) is 9.45. The van der Waals surface area contributed by atoms with Gasteiger partial charge in [0.25, 0.3) is 0 Å². The number of hydrogen-bond acceptors (Lipinski definition) is 3. The Labute approximate surface area is 383 Å². The molecule has 0 bridgehead atoms. The maximum absolute atomic E-state index is 8.54. The molecule has 0 saturated heterocycles. The Morgan fingerprint density at radius 3 is 2.10 bits per heavy atom. The fourth-order valence-electron chi connectivity index (χ4n) is 8.34. The molecule has 0 aliphatic carbocycles. The molecule has 0 amide bonds. The minimum atomic E-state index is -2.52. The van der Waals surface area contributed by atoms with E-state index < -0.39 is 28.6 Å². The van der Waals surface area contributed by atoms with Gasteiger partial charge in [-0.25, -0.2) is 0 Å². The number of benzene rings is 6. The number of aryl methyl sites for hydroxylation is 3. The van der Waals surface area contributed by atoms with Crippen molar-refractivity contribution < 1.29 is 36.9 Å². The van der Waals surface area contributed by atoms with Crippen LogP contribution >= 0.6 is 0 Å². The van der Waals surface area contributed by atoms with E-state index in [4.69, 9.17) is 16.8 Å². The molecule has 305 valence electrons.